The quantitative estimate of drug-likeness (QED) is 0.852. The third kappa shape index (κ3) is 2.81. The van der Waals surface area contributed by atoms with Gasteiger partial charge in [0.25, 0.3) is 5.91 Å². The van der Waals surface area contributed by atoms with Crippen molar-refractivity contribution < 1.29 is 18.0 Å². The Labute approximate surface area is 153 Å². The Balaban J connectivity index is 1.61. The van der Waals surface area contributed by atoms with Crippen molar-refractivity contribution in [2.75, 3.05) is 13.1 Å². The summed E-state index contributed by atoms with van der Waals surface area (Å²) >= 11 is 0. The molecule has 1 aliphatic carbocycles. The number of hydrogen-bond acceptors (Lipinski definition) is 4. The Hall–Kier alpha value is -1.93. The van der Waals surface area contributed by atoms with Gasteiger partial charge in [-0.3, -0.25) is 9.59 Å². The minimum atomic E-state index is -3.80. The Morgan fingerprint density at radius 3 is 2.27 bits per heavy atom. The Morgan fingerprint density at radius 1 is 1.08 bits per heavy atom. The van der Waals surface area contributed by atoms with E-state index in [2.05, 4.69) is 0 Å². The van der Waals surface area contributed by atoms with E-state index in [9.17, 15) is 18.0 Å². The number of benzene rings is 1. The molecule has 26 heavy (non-hydrogen) atoms. The van der Waals surface area contributed by atoms with Crippen LogP contribution in [0.4, 0.5) is 0 Å². The molecule has 0 aromatic heterocycles. The summed E-state index contributed by atoms with van der Waals surface area (Å²) in [7, 11) is -3.80. The second-order valence-electron chi connectivity index (χ2n) is 7.49. The Bertz CT molecular complexity index is 848. The summed E-state index contributed by atoms with van der Waals surface area (Å²) in [6.07, 6.45) is 5.25. The van der Waals surface area contributed by atoms with Crippen molar-refractivity contribution in [1.82, 2.24) is 9.80 Å². The fourth-order valence-electron chi connectivity index (χ4n) is 4.35. The minimum absolute atomic E-state index is 0.0289. The molecule has 2 heterocycles. The van der Waals surface area contributed by atoms with Crippen LogP contribution in [0.3, 0.4) is 0 Å². The lowest BCUT2D eigenvalue weighted by molar-refractivity contribution is -0.146. The van der Waals surface area contributed by atoms with Crippen molar-refractivity contribution in [3.8, 4) is 0 Å². The van der Waals surface area contributed by atoms with Gasteiger partial charge in [-0.2, -0.15) is 0 Å². The van der Waals surface area contributed by atoms with Crippen LogP contribution in [-0.4, -0.2) is 54.7 Å². The predicted molar refractivity (Wildman–Crippen MR) is 94.8 cm³/mol. The smallest absolute Gasteiger partial charge is 0.254 e. The number of nitrogens with two attached hydrogens (primary N) is 1. The van der Waals surface area contributed by atoms with Gasteiger partial charge in [0.15, 0.2) is 0 Å². The fraction of sp³-hybridized carbons (Fsp3) is 0.556. The number of sulfonamides is 1. The molecule has 2 N–H and O–H groups in total. The Kier molecular flexibility index (Phi) is 4.07. The standard InChI is InChI=1S/C18H23N3O4S/c19-26(24,25)15-7-3-13(4-8-15)16(22)21-12-2-10-18(21)9-1-11-20(17(18)23)14-5-6-14/h3-4,7-8,14H,1-2,5-6,9-12H2,(H2,19,24,25). The highest BCUT2D eigenvalue weighted by molar-refractivity contribution is 7.89. The van der Waals surface area contributed by atoms with Crippen LogP contribution in [-0.2, 0) is 14.8 Å². The topological polar surface area (TPSA) is 101 Å². The normalized spacial score (nSPS) is 26.6. The van der Waals surface area contributed by atoms with Crippen molar-refractivity contribution in [1.29, 1.82) is 0 Å². The van der Waals surface area contributed by atoms with Gasteiger partial charge in [0.1, 0.15) is 5.54 Å². The molecule has 8 heteroatoms. The maximum atomic E-state index is 13.2. The molecule has 2 saturated heterocycles. The van der Waals surface area contributed by atoms with Gasteiger partial charge >= 0.3 is 0 Å². The third-order valence-corrected chi connectivity index (χ3v) is 6.73. The fourth-order valence-corrected chi connectivity index (χ4v) is 4.87. The number of piperidine rings is 1. The van der Waals surface area contributed by atoms with Crippen molar-refractivity contribution >= 4 is 21.8 Å². The van der Waals surface area contributed by atoms with E-state index in [4.69, 9.17) is 5.14 Å². The van der Waals surface area contributed by atoms with Crippen LogP contribution in [0.2, 0.25) is 0 Å². The van der Waals surface area contributed by atoms with Crippen LogP contribution in [0.15, 0.2) is 29.2 Å². The van der Waals surface area contributed by atoms with Crippen molar-refractivity contribution in [3.63, 3.8) is 0 Å². The van der Waals surface area contributed by atoms with Gasteiger partial charge in [-0.1, -0.05) is 0 Å². The molecule has 7 nitrogen and oxygen atoms in total. The van der Waals surface area contributed by atoms with E-state index in [-0.39, 0.29) is 16.7 Å². The lowest BCUT2D eigenvalue weighted by Gasteiger charge is -2.44. The van der Waals surface area contributed by atoms with E-state index in [0.29, 0.717) is 31.0 Å². The summed E-state index contributed by atoms with van der Waals surface area (Å²) in [5.41, 5.74) is -0.341. The van der Waals surface area contributed by atoms with Crippen molar-refractivity contribution in [2.45, 2.75) is 55.0 Å². The average Bonchev–Trinajstić information content (AvgIpc) is 3.37. The summed E-state index contributed by atoms with van der Waals surface area (Å²) in [5, 5.41) is 5.11. The second kappa shape index (κ2) is 6.06. The van der Waals surface area contributed by atoms with Gasteiger partial charge in [-0.25, -0.2) is 13.6 Å². The molecule has 2 amide bonds. The first-order chi connectivity index (χ1) is 12.3. The molecule has 1 atom stereocenters. The number of primary sulfonamides is 1. The third-order valence-electron chi connectivity index (χ3n) is 5.80. The molecule has 1 spiro atoms. The van der Waals surface area contributed by atoms with Crippen molar-refractivity contribution in [2.24, 2.45) is 5.14 Å². The summed E-state index contributed by atoms with van der Waals surface area (Å²) in [4.78, 5) is 30.0. The van der Waals surface area contributed by atoms with Gasteiger partial charge in [-0.15, -0.1) is 0 Å². The van der Waals surface area contributed by atoms with Gasteiger partial charge in [0, 0.05) is 24.7 Å². The van der Waals surface area contributed by atoms with Gasteiger partial charge in [0.05, 0.1) is 4.90 Å². The molecule has 140 valence electrons. The molecule has 1 aromatic carbocycles. The highest BCUT2D eigenvalue weighted by Gasteiger charge is 2.54. The lowest BCUT2D eigenvalue weighted by Crippen LogP contribution is -2.61. The van der Waals surface area contributed by atoms with Crippen LogP contribution >= 0.6 is 0 Å². The summed E-state index contributed by atoms with van der Waals surface area (Å²) in [6.45, 7) is 1.34. The predicted octanol–water partition coefficient (Wildman–Crippen LogP) is 1.09. The molecular formula is C18H23N3O4S. The van der Waals surface area contributed by atoms with Crippen LogP contribution < -0.4 is 5.14 Å². The van der Waals surface area contributed by atoms with Crippen LogP contribution in [0.1, 0.15) is 48.9 Å². The Morgan fingerprint density at radius 2 is 1.69 bits per heavy atom. The van der Waals surface area contributed by atoms with Crippen LogP contribution in [0, 0.1) is 0 Å². The second-order valence-corrected chi connectivity index (χ2v) is 9.06. The first-order valence-corrected chi connectivity index (χ1v) is 10.6. The first-order valence-electron chi connectivity index (χ1n) is 9.09. The number of likely N-dealkylation sites (tertiary alicyclic amines) is 2. The number of carbonyl (C=O) groups excluding carboxylic acids is 2. The summed E-state index contributed by atoms with van der Waals surface area (Å²) in [5.74, 6) is -0.118. The molecule has 1 aromatic rings. The lowest BCUT2D eigenvalue weighted by atomic mass is 9.85. The molecule has 1 saturated carbocycles. The SMILES string of the molecule is NS(=O)(=O)c1ccc(C(=O)N2CCCC23CCCN(C2CC2)C3=O)cc1. The van der Waals surface area contributed by atoms with E-state index in [1.54, 1.807) is 4.90 Å². The highest BCUT2D eigenvalue weighted by atomic mass is 32.2. The van der Waals surface area contributed by atoms with Gasteiger partial charge < -0.3 is 9.80 Å². The van der Waals surface area contributed by atoms with E-state index >= 15 is 0 Å². The largest absolute Gasteiger partial charge is 0.338 e. The minimum Gasteiger partial charge on any atom is -0.338 e. The summed E-state index contributed by atoms with van der Waals surface area (Å²) < 4.78 is 22.8. The number of nitrogens with zero attached hydrogens (tertiary/aromatic N) is 2. The summed E-state index contributed by atoms with van der Waals surface area (Å²) in [6, 6.07) is 5.97. The number of hydrogen-bond donors (Lipinski definition) is 1. The van der Waals surface area contributed by atoms with E-state index in [1.165, 1.54) is 24.3 Å². The van der Waals surface area contributed by atoms with Crippen molar-refractivity contribution in [3.05, 3.63) is 29.8 Å². The average molecular weight is 377 g/mol. The molecular weight excluding hydrogens is 354 g/mol. The van der Waals surface area contributed by atoms with E-state index in [0.717, 1.165) is 32.2 Å². The molecule has 2 aliphatic heterocycles. The molecule has 4 rings (SSSR count). The maximum absolute atomic E-state index is 13.2. The highest BCUT2D eigenvalue weighted by Crippen LogP contribution is 2.42. The molecule has 0 bridgehead atoms. The van der Waals surface area contributed by atoms with E-state index < -0.39 is 15.6 Å². The zero-order valence-electron chi connectivity index (χ0n) is 14.6. The van der Waals surface area contributed by atoms with Crippen LogP contribution in [0.5, 0.6) is 0 Å². The monoisotopic (exact) mass is 377 g/mol. The van der Waals surface area contributed by atoms with Crippen LogP contribution in [0.25, 0.3) is 0 Å². The molecule has 3 aliphatic rings. The molecule has 1 unspecified atom stereocenters. The maximum Gasteiger partial charge on any atom is 0.254 e. The number of amides is 2. The van der Waals surface area contributed by atoms with Gasteiger partial charge in [-0.05, 0) is 62.8 Å². The zero-order valence-corrected chi connectivity index (χ0v) is 15.4. The van der Waals surface area contributed by atoms with Gasteiger partial charge in [0.2, 0.25) is 15.9 Å². The number of rotatable bonds is 3. The molecule has 3 fully saturated rings. The zero-order chi connectivity index (χ0) is 18.5. The van der Waals surface area contributed by atoms with E-state index in [1.807, 2.05) is 4.90 Å². The first kappa shape index (κ1) is 17.5. The molecule has 0 radical (unpaired) electrons. The number of carbonyl (C=O) groups is 2.